The Balaban J connectivity index is 1.79. The topological polar surface area (TPSA) is 84.9 Å². The van der Waals surface area contributed by atoms with Crippen LogP contribution in [-0.2, 0) is 14.6 Å². The Morgan fingerprint density at radius 2 is 1.89 bits per heavy atom. The number of para-hydroxylation sites is 1. The van der Waals surface area contributed by atoms with Crippen LogP contribution in [0.5, 0.6) is 11.5 Å². The lowest BCUT2D eigenvalue weighted by Crippen LogP contribution is -2.44. The molecule has 7 nitrogen and oxygen atoms in total. The van der Waals surface area contributed by atoms with Gasteiger partial charge in [0.1, 0.15) is 11.5 Å². The van der Waals surface area contributed by atoms with Crippen LogP contribution in [0, 0.1) is 0 Å². The molecule has 1 N–H and O–H groups in total. The first-order valence-electron chi connectivity index (χ1n) is 8.97. The molecule has 0 saturated carbocycles. The summed E-state index contributed by atoms with van der Waals surface area (Å²) in [6.07, 6.45) is 0.439. The van der Waals surface area contributed by atoms with Crippen molar-refractivity contribution in [1.29, 1.82) is 0 Å². The minimum atomic E-state index is -3.12. The summed E-state index contributed by atoms with van der Waals surface area (Å²) in [6, 6.07) is 14.1. The van der Waals surface area contributed by atoms with Crippen LogP contribution < -0.4 is 19.7 Å². The minimum Gasteiger partial charge on any atom is -0.497 e. The van der Waals surface area contributed by atoms with E-state index in [0.29, 0.717) is 29.3 Å². The molecule has 0 radical (unpaired) electrons. The van der Waals surface area contributed by atoms with Crippen LogP contribution in [0.3, 0.4) is 0 Å². The average Bonchev–Trinajstić information content (AvgIpc) is 3.06. The number of anilines is 2. The number of benzene rings is 2. The predicted octanol–water partition coefficient (Wildman–Crippen LogP) is 2.34. The highest BCUT2D eigenvalue weighted by atomic mass is 32.2. The number of nitrogens with one attached hydrogen (secondary N) is 1. The number of carbonyl (C=O) groups is 1. The van der Waals surface area contributed by atoms with Gasteiger partial charge in [0.2, 0.25) is 5.91 Å². The van der Waals surface area contributed by atoms with Gasteiger partial charge in [-0.1, -0.05) is 18.2 Å². The zero-order valence-electron chi connectivity index (χ0n) is 15.9. The monoisotopic (exact) mass is 404 g/mol. The van der Waals surface area contributed by atoms with Crippen molar-refractivity contribution in [3.8, 4) is 11.5 Å². The van der Waals surface area contributed by atoms with Gasteiger partial charge in [0.25, 0.3) is 0 Å². The third-order valence-corrected chi connectivity index (χ3v) is 6.47. The van der Waals surface area contributed by atoms with Gasteiger partial charge >= 0.3 is 0 Å². The van der Waals surface area contributed by atoms with Gasteiger partial charge in [0, 0.05) is 11.8 Å². The van der Waals surface area contributed by atoms with E-state index in [1.54, 1.807) is 37.3 Å². The van der Waals surface area contributed by atoms with E-state index in [1.807, 2.05) is 30.3 Å². The molecule has 2 aromatic rings. The Bertz CT molecular complexity index is 931. The van der Waals surface area contributed by atoms with E-state index < -0.39 is 9.84 Å². The SMILES string of the molecule is COc1ccc(NCC(=O)N(c2ccccc2)C2CCS(=O)(=O)C2)c(OC)c1. The second-order valence-corrected chi connectivity index (χ2v) is 8.80. The van der Waals surface area contributed by atoms with Crippen LogP contribution in [0.4, 0.5) is 11.4 Å². The molecular weight excluding hydrogens is 380 g/mol. The van der Waals surface area contributed by atoms with Crippen molar-refractivity contribution in [2.75, 3.05) is 42.5 Å². The van der Waals surface area contributed by atoms with E-state index in [2.05, 4.69) is 5.32 Å². The quantitative estimate of drug-likeness (QED) is 0.763. The molecule has 0 aromatic heterocycles. The Morgan fingerprint density at radius 1 is 1.14 bits per heavy atom. The smallest absolute Gasteiger partial charge is 0.246 e. The van der Waals surface area contributed by atoms with Crippen molar-refractivity contribution < 1.29 is 22.7 Å². The van der Waals surface area contributed by atoms with Crippen LogP contribution in [0.2, 0.25) is 0 Å². The predicted molar refractivity (Wildman–Crippen MR) is 109 cm³/mol. The Hall–Kier alpha value is -2.74. The molecular formula is C20H24N2O5S. The lowest BCUT2D eigenvalue weighted by atomic mass is 10.1. The number of hydrogen-bond donors (Lipinski definition) is 1. The molecule has 3 rings (SSSR count). The lowest BCUT2D eigenvalue weighted by Gasteiger charge is -2.29. The molecule has 150 valence electrons. The fourth-order valence-corrected chi connectivity index (χ4v) is 5.03. The molecule has 0 aliphatic carbocycles. The van der Waals surface area contributed by atoms with Crippen molar-refractivity contribution >= 4 is 27.1 Å². The Morgan fingerprint density at radius 3 is 2.50 bits per heavy atom. The lowest BCUT2D eigenvalue weighted by molar-refractivity contribution is -0.117. The van der Waals surface area contributed by atoms with Crippen LogP contribution in [0.25, 0.3) is 0 Å². The molecule has 1 amide bonds. The highest BCUT2D eigenvalue weighted by Crippen LogP contribution is 2.29. The second-order valence-electron chi connectivity index (χ2n) is 6.58. The fraction of sp³-hybridized carbons (Fsp3) is 0.350. The van der Waals surface area contributed by atoms with E-state index >= 15 is 0 Å². The summed E-state index contributed by atoms with van der Waals surface area (Å²) in [5.41, 5.74) is 1.35. The number of methoxy groups -OCH3 is 2. The summed E-state index contributed by atoms with van der Waals surface area (Å²) < 4.78 is 34.4. The fourth-order valence-electron chi connectivity index (χ4n) is 3.33. The molecule has 28 heavy (non-hydrogen) atoms. The van der Waals surface area contributed by atoms with Gasteiger partial charge in [-0.3, -0.25) is 4.79 Å². The number of carbonyl (C=O) groups excluding carboxylic acids is 1. The maximum absolute atomic E-state index is 13.0. The van der Waals surface area contributed by atoms with Gasteiger partial charge < -0.3 is 19.7 Å². The van der Waals surface area contributed by atoms with Crippen LogP contribution in [-0.4, -0.2) is 52.6 Å². The molecule has 1 aliphatic heterocycles. The number of ether oxygens (including phenoxy) is 2. The van der Waals surface area contributed by atoms with Crippen LogP contribution in [0.1, 0.15) is 6.42 Å². The van der Waals surface area contributed by atoms with E-state index in [1.165, 1.54) is 0 Å². The first-order chi connectivity index (χ1) is 13.4. The zero-order valence-corrected chi connectivity index (χ0v) is 16.7. The van der Waals surface area contributed by atoms with Crippen LogP contribution >= 0.6 is 0 Å². The summed E-state index contributed by atoms with van der Waals surface area (Å²) in [6.45, 7) is 0.00807. The highest BCUT2D eigenvalue weighted by Gasteiger charge is 2.35. The second kappa shape index (κ2) is 8.52. The average molecular weight is 404 g/mol. The van der Waals surface area contributed by atoms with Crippen molar-refractivity contribution in [3.05, 3.63) is 48.5 Å². The summed E-state index contributed by atoms with van der Waals surface area (Å²) in [5, 5.41) is 3.09. The maximum atomic E-state index is 13.0. The van der Waals surface area contributed by atoms with E-state index in [4.69, 9.17) is 9.47 Å². The van der Waals surface area contributed by atoms with E-state index in [-0.39, 0.29) is 30.0 Å². The summed E-state index contributed by atoms with van der Waals surface area (Å²) in [7, 11) is -0.00433. The number of sulfone groups is 1. The van der Waals surface area contributed by atoms with Crippen molar-refractivity contribution in [2.24, 2.45) is 0 Å². The van der Waals surface area contributed by atoms with Crippen molar-refractivity contribution in [3.63, 3.8) is 0 Å². The first-order valence-corrected chi connectivity index (χ1v) is 10.8. The molecule has 1 unspecified atom stereocenters. The molecule has 0 bridgehead atoms. The molecule has 0 spiro atoms. The number of nitrogens with zero attached hydrogens (tertiary/aromatic N) is 1. The maximum Gasteiger partial charge on any atom is 0.246 e. The third-order valence-electron chi connectivity index (χ3n) is 4.72. The molecule has 1 atom stereocenters. The third kappa shape index (κ3) is 4.56. The number of rotatable bonds is 7. The van der Waals surface area contributed by atoms with Crippen molar-refractivity contribution in [1.82, 2.24) is 0 Å². The van der Waals surface area contributed by atoms with Gasteiger partial charge in [-0.25, -0.2) is 8.42 Å². The summed E-state index contributed by atoms with van der Waals surface area (Å²) in [5.74, 6) is 1.09. The highest BCUT2D eigenvalue weighted by molar-refractivity contribution is 7.91. The molecule has 1 saturated heterocycles. The minimum absolute atomic E-state index is 0.00807. The number of amides is 1. The van der Waals surface area contributed by atoms with Gasteiger partial charge in [-0.15, -0.1) is 0 Å². The van der Waals surface area contributed by atoms with Crippen LogP contribution in [0.15, 0.2) is 48.5 Å². The van der Waals surface area contributed by atoms with Crippen molar-refractivity contribution in [2.45, 2.75) is 12.5 Å². The van der Waals surface area contributed by atoms with Gasteiger partial charge in [-0.2, -0.15) is 0 Å². The molecule has 2 aromatic carbocycles. The normalized spacial score (nSPS) is 17.7. The summed E-state index contributed by atoms with van der Waals surface area (Å²) in [4.78, 5) is 14.6. The van der Waals surface area contributed by atoms with E-state index in [0.717, 1.165) is 0 Å². The van der Waals surface area contributed by atoms with Gasteiger partial charge in [0.15, 0.2) is 9.84 Å². The largest absolute Gasteiger partial charge is 0.497 e. The molecule has 1 heterocycles. The van der Waals surface area contributed by atoms with E-state index in [9.17, 15) is 13.2 Å². The summed E-state index contributed by atoms with van der Waals surface area (Å²) >= 11 is 0. The molecule has 8 heteroatoms. The zero-order chi connectivity index (χ0) is 20.1. The van der Waals surface area contributed by atoms with Gasteiger partial charge in [0.05, 0.1) is 44.0 Å². The standard InChI is InChI=1S/C20H24N2O5S/c1-26-17-8-9-18(19(12-17)27-2)21-13-20(23)22(15-6-4-3-5-7-15)16-10-11-28(24,25)14-16/h3-9,12,16,21H,10-11,13-14H2,1-2H3. The van der Waals surface area contributed by atoms with Gasteiger partial charge in [-0.05, 0) is 30.7 Å². The number of hydrogen-bond acceptors (Lipinski definition) is 6. The Labute approximate surface area is 165 Å². The molecule has 1 fully saturated rings. The Kier molecular flexibility index (Phi) is 6.08. The molecule has 1 aliphatic rings. The first kappa shape index (κ1) is 20.0.